The maximum absolute atomic E-state index is 12.2. The molecule has 0 saturated carbocycles. The fourth-order valence-electron chi connectivity index (χ4n) is 1.51. The molecule has 3 N–H and O–H groups in total. The van der Waals surface area contributed by atoms with Gasteiger partial charge in [-0.25, -0.2) is 0 Å². The van der Waals surface area contributed by atoms with Gasteiger partial charge in [0.15, 0.2) is 0 Å². The molecule has 0 aromatic heterocycles. The monoisotopic (exact) mass is 328 g/mol. The number of carboxylic acids is 1. The highest BCUT2D eigenvalue weighted by atomic mass is 79.9. The lowest BCUT2D eigenvalue weighted by atomic mass is 10.1. The number of carboxylic acid groups (broad SMARTS) is 1. The van der Waals surface area contributed by atoms with Gasteiger partial charge in [-0.3, -0.25) is 14.4 Å². The van der Waals surface area contributed by atoms with Crippen LogP contribution in [0.15, 0.2) is 22.7 Å². The van der Waals surface area contributed by atoms with Crippen LogP contribution in [0.25, 0.3) is 0 Å². The van der Waals surface area contributed by atoms with Gasteiger partial charge in [-0.05, 0) is 40.5 Å². The Labute approximate surface area is 118 Å². The van der Waals surface area contributed by atoms with Gasteiger partial charge in [0.1, 0.15) is 13.1 Å². The van der Waals surface area contributed by atoms with Gasteiger partial charge in [-0.2, -0.15) is 0 Å². The van der Waals surface area contributed by atoms with Gasteiger partial charge in [0, 0.05) is 4.47 Å². The molecule has 0 radical (unpaired) electrons. The second-order valence-electron chi connectivity index (χ2n) is 4.00. The average molecular weight is 329 g/mol. The minimum Gasteiger partial charge on any atom is -0.480 e. The quantitative estimate of drug-likeness (QED) is 0.833. The van der Waals surface area contributed by atoms with E-state index in [9.17, 15) is 14.4 Å². The van der Waals surface area contributed by atoms with E-state index >= 15 is 0 Å². The van der Waals surface area contributed by atoms with Crippen molar-refractivity contribution in [3.05, 3.63) is 33.8 Å². The molecule has 1 aromatic carbocycles. The smallest absolute Gasteiger partial charge is 0.323 e. The van der Waals surface area contributed by atoms with E-state index in [1.165, 1.54) is 0 Å². The van der Waals surface area contributed by atoms with Crippen LogP contribution >= 0.6 is 15.9 Å². The summed E-state index contributed by atoms with van der Waals surface area (Å²) in [7, 11) is 0. The van der Waals surface area contributed by atoms with Crippen LogP contribution in [0.2, 0.25) is 0 Å². The Morgan fingerprint density at radius 3 is 2.42 bits per heavy atom. The zero-order valence-electron chi connectivity index (χ0n) is 10.2. The number of nitrogens with two attached hydrogens (primary N) is 1. The molecule has 2 amide bonds. The van der Waals surface area contributed by atoms with Gasteiger partial charge >= 0.3 is 5.97 Å². The Balaban J connectivity index is 3.04. The fourth-order valence-corrected chi connectivity index (χ4v) is 2.18. The molecule has 0 unspecified atom stereocenters. The molecule has 0 atom stereocenters. The van der Waals surface area contributed by atoms with Gasteiger partial charge in [-0.15, -0.1) is 0 Å². The normalized spacial score (nSPS) is 10.0. The Hall–Kier alpha value is -1.89. The maximum Gasteiger partial charge on any atom is 0.323 e. The predicted octanol–water partition coefficient (Wildman–Crippen LogP) is 0.770. The Bertz CT molecular complexity index is 514. The van der Waals surface area contributed by atoms with Crippen LogP contribution in [-0.2, 0) is 9.59 Å². The molecule has 0 bridgehead atoms. The number of amides is 2. The van der Waals surface area contributed by atoms with Crippen molar-refractivity contribution in [1.82, 2.24) is 4.90 Å². The first kappa shape index (κ1) is 15.2. The number of halogens is 1. The third-order valence-corrected chi connectivity index (χ3v) is 2.97. The molecule has 0 heterocycles. The lowest BCUT2D eigenvalue weighted by molar-refractivity contribution is -0.138. The second kappa shape index (κ2) is 6.33. The topological polar surface area (TPSA) is 101 Å². The van der Waals surface area contributed by atoms with Crippen molar-refractivity contribution >= 4 is 33.7 Å². The number of benzene rings is 1. The first-order chi connectivity index (χ1) is 8.81. The summed E-state index contributed by atoms with van der Waals surface area (Å²) in [5, 5.41) is 8.75. The van der Waals surface area contributed by atoms with E-state index in [1.807, 2.05) is 6.92 Å². The number of nitrogens with zero attached hydrogens (tertiary/aromatic N) is 1. The number of aliphatic carboxylic acids is 1. The largest absolute Gasteiger partial charge is 0.480 e. The van der Waals surface area contributed by atoms with E-state index in [4.69, 9.17) is 10.8 Å². The van der Waals surface area contributed by atoms with Gasteiger partial charge in [0.05, 0.1) is 5.56 Å². The zero-order valence-corrected chi connectivity index (χ0v) is 11.8. The van der Waals surface area contributed by atoms with E-state index in [0.29, 0.717) is 4.47 Å². The Morgan fingerprint density at radius 1 is 1.32 bits per heavy atom. The molecule has 0 fully saturated rings. The molecule has 1 aromatic rings. The lowest BCUT2D eigenvalue weighted by Crippen LogP contribution is -2.41. The van der Waals surface area contributed by atoms with Gasteiger partial charge < -0.3 is 15.7 Å². The van der Waals surface area contributed by atoms with Crippen molar-refractivity contribution in [3.8, 4) is 0 Å². The number of hydrogen-bond donors (Lipinski definition) is 2. The summed E-state index contributed by atoms with van der Waals surface area (Å²) in [6.07, 6.45) is 0. The molecule has 0 spiro atoms. The first-order valence-corrected chi connectivity index (χ1v) is 6.16. The van der Waals surface area contributed by atoms with Crippen molar-refractivity contribution in [3.63, 3.8) is 0 Å². The summed E-state index contributed by atoms with van der Waals surface area (Å²) in [5.41, 5.74) is 6.24. The van der Waals surface area contributed by atoms with Crippen LogP contribution in [0.4, 0.5) is 0 Å². The first-order valence-electron chi connectivity index (χ1n) is 5.36. The zero-order chi connectivity index (χ0) is 14.6. The number of hydrogen-bond acceptors (Lipinski definition) is 3. The predicted molar refractivity (Wildman–Crippen MR) is 71.6 cm³/mol. The molecule has 7 heteroatoms. The second-order valence-corrected chi connectivity index (χ2v) is 4.86. The summed E-state index contributed by atoms with van der Waals surface area (Å²) in [5.74, 6) is -2.54. The van der Waals surface area contributed by atoms with E-state index in [1.54, 1.807) is 18.2 Å². The number of primary amides is 1. The molecule has 102 valence electrons. The molecule has 0 aliphatic heterocycles. The molecule has 0 aliphatic rings. The summed E-state index contributed by atoms with van der Waals surface area (Å²) < 4.78 is 0.539. The highest BCUT2D eigenvalue weighted by Gasteiger charge is 2.22. The molecule has 0 aliphatic carbocycles. The Kier molecular flexibility index (Phi) is 5.05. The Morgan fingerprint density at radius 2 is 1.95 bits per heavy atom. The third-order valence-electron chi connectivity index (χ3n) is 2.32. The van der Waals surface area contributed by atoms with Crippen molar-refractivity contribution in [2.45, 2.75) is 6.92 Å². The number of aryl methyl sites for hydroxylation is 1. The van der Waals surface area contributed by atoms with Crippen LogP contribution in [0.1, 0.15) is 15.9 Å². The highest BCUT2D eigenvalue weighted by molar-refractivity contribution is 9.10. The van der Waals surface area contributed by atoms with Crippen LogP contribution in [0.3, 0.4) is 0 Å². The number of rotatable bonds is 5. The van der Waals surface area contributed by atoms with Gasteiger partial charge in [0.2, 0.25) is 5.91 Å². The van der Waals surface area contributed by atoms with E-state index in [0.717, 1.165) is 10.5 Å². The molecule has 1 rings (SSSR count). The average Bonchev–Trinajstić information content (AvgIpc) is 2.26. The highest BCUT2D eigenvalue weighted by Crippen LogP contribution is 2.20. The maximum atomic E-state index is 12.2. The van der Waals surface area contributed by atoms with Crippen molar-refractivity contribution in [2.24, 2.45) is 5.73 Å². The van der Waals surface area contributed by atoms with Crippen LogP contribution < -0.4 is 5.73 Å². The SMILES string of the molecule is Cc1ccc(C(=O)N(CC(N)=O)CC(=O)O)c(Br)c1. The number of carbonyl (C=O) groups is 3. The lowest BCUT2D eigenvalue weighted by Gasteiger charge is -2.19. The summed E-state index contributed by atoms with van der Waals surface area (Å²) in [4.78, 5) is 34.7. The van der Waals surface area contributed by atoms with Crippen molar-refractivity contribution in [1.29, 1.82) is 0 Å². The van der Waals surface area contributed by atoms with Crippen molar-refractivity contribution in [2.75, 3.05) is 13.1 Å². The molecule has 0 saturated heterocycles. The van der Waals surface area contributed by atoms with E-state index < -0.39 is 30.9 Å². The van der Waals surface area contributed by atoms with Crippen molar-refractivity contribution < 1.29 is 19.5 Å². The minimum atomic E-state index is -1.21. The van der Waals surface area contributed by atoms with Crippen LogP contribution in [-0.4, -0.2) is 40.9 Å². The third kappa shape index (κ3) is 4.36. The fraction of sp³-hybridized carbons (Fsp3) is 0.250. The van der Waals surface area contributed by atoms with E-state index in [2.05, 4.69) is 15.9 Å². The van der Waals surface area contributed by atoms with E-state index in [-0.39, 0.29) is 5.56 Å². The number of carbonyl (C=O) groups excluding carboxylic acids is 2. The molecule has 6 nitrogen and oxygen atoms in total. The van der Waals surface area contributed by atoms with Gasteiger partial charge in [-0.1, -0.05) is 6.07 Å². The minimum absolute atomic E-state index is 0.285. The van der Waals surface area contributed by atoms with Gasteiger partial charge in [0.25, 0.3) is 5.91 Å². The molecular formula is C12H13BrN2O4. The molecule has 19 heavy (non-hydrogen) atoms. The molecular weight excluding hydrogens is 316 g/mol. The summed E-state index contributed by atoms with van der Waals surface area (Å²) in [6.45, 7) is 0.838. The van der Waals surface area contributed by atoms with Crippen LogP contribution in [0.5, 0.6) is 0 Å². The summed E-state index contributed by atoms with van der Waals surface area (Å²) >= 11 is 3.24. The summed E-state index contributed by atoms with van der Waals surface area (Å²) in [6, 6.07) is 5.02. The standard InChI is InChI=1S/C12H13BrN2O4/c1-7-2-3-8(9(13)4-7)12(19)15(5-10(14)16)6-11(17)18/h2-4H,5-6H2,1H3,(H2,14,16)(H,17,18). The van der Waals surface area contributed by atoms with Crippen LogP contribution in [0, 0.1) is 6.92 Å².